The lowest BCUT2D eigenvalue weighted by molar-refractivity contribution is 0.742. The highest BCUT2D eigenvalue weighted by atomic mass is 15.0. The predicted octanol–water partition coefficient (Wildman–Crippen LogP) is 7.71. The zero-order valence-corrected chi connectivity index (χ0v) is 18.1. The van der Waals surface area contributed by atoms with Crippen LogP contribution in [-0.2, 0) is 5.41 Å². The third kappa shape index (κ3) is 1.91. The first-order valence-corrected chi connectivity index (χ1v) is 11.7. The number of fused-ring (bicyclic) bond motifs is 11. The largest absolute Gasteiger partial charge is 0.309 e. The molecule has 154 valence electrons. The van der Waals surface area contributed by atoms with Crippen LogP contribution in [0, 0.1) is 0 Å². The molecule has 0 amide bonds. The van der Waals surface area contributed by atoms with Gasteiger partial charge < -0.3 is 4.57 Å². The number of aromatic nitrogens is 1. The molecule has 0 bridgehead atoms. The van der Waals surface area contributed by atoms with E-state index in [1.807, 2.05) is 0 Å². The van der Waals surface area contributed by atoms with E-state index in [-0.39, 0.29) is 5.41 Å². The van der Waals surface area contributed by atoms with Crippen molar-refractivity contribution < 1.29 is 0 Å². The molecule has 1 nitrogen and oxygen atoms in total. The second-order valence-electron chi connectivity index (χ2n) is 9.23. The van der Waals surface area contributed by atoms with Gasteiger partial charge in [-0.2, -0.15) is 0 Å². The molecule has 3 aliphatic rings. The molecule has 1 aliphatic heterocycles. The standard InChI is InChI=1S/C32H21N/c1-2-11-21-22-12-4-6-16-26(22)32(25(21)15-3-1)27-17-7-9-20-30(27)33-29-19-8-5-13-23(29)24-14-10-18-28(32)31(24)33/h2-20H,1H2. The Kier molecular flexibility index (Phi) is 3.19. The summed E-state index contributed by atoms with van der Waals surface area (Å²) in [6.07, 6.45) is 10.3. The Morgan fingerprint density at radius 3 is 2.30 bits per heavy atom. The zero-order valence-electron chi connectivity index (χ0n) is 18.1. The van der Waals surface area contributed by atoms with E-state index in [1.54, 1.807) is 0 Å². The van der Waals surface area contributed by atoms with Crippen LogP contribution in [0.3, 0.4) is 0 Å². The number of allylic oxidation sites excluding steroid dienone is 6. The van der Waals surface area contributed by atoms with Gasteiger partial charge in [0.2, 0.25) is 0 Å². The summed E-state index contributed by atoms with van der Waals surface area (Å²) in [5.41, 5.74) is 11.8. The van der Waals surface area contributed by atoms with E-state index in [2.05, 4.69) is 120 Å². The first-order chi connectivity index (χ1) is 16.4. The van der Waals surface area contributed by atoms with Crippen molar-refractivity contribution in [2.24, 2.45) is 0 Å². The van der Waals surface area contributed by atoms with Crippen LogP contribution in [0.25, 0.3) is 33.1 Å². The lowest BCUT2D eigenvalue weighted by Gasteiger charge is -2.40. The zero-order chi connectivity index (χ0) is 21.6. The summed E-state index contributed by atoms with van der Waals surface area (Å²) in [7, 11) is 0. The van der Waals surface area contributed by atoms with E-state index >= 15 is 0 Å². The van der Waals surface area contributed by atoms with E-state index in [9.17, 15) is 0 Å². The molecule has 1 aromatic heterocycles. The Balaban J connectivity index is 1.68. The quantitative estimate of drug-likeness (QED) is 0.242. The fraction of sp³-hybridized carbons (Fsp3) is 0.0625. The van der Waals surface area contributed by atoms with Crippen molar-refractivity contribution in [3.8, 4) is 5.69 Å². The van der Waals surface area contributed by atoms with Crippen molar-refractivity contribution in [2.75, 3.05) is 0 Å². The van der Waals surface area contributed by atoms with Crippen LogP contribution in [0.15, 0.2) is 121 Å². The average molecular weight is 420 g/mol. The lowest BCUT2D eigenvalue weighted by Crippen LogP contribution is -2.34. The molecular weight excluding hydrogens is 398 g/mol. The summed E-state index contributed by atoms with van der Waals surface area (Å²) in [4.78, 5) is 0. The molecule has 0 saturated carbocycles. The molecular formula is C32H21N. The number of hydrogen-bond donors (Lipinski definition) is 0. The highest BCUT2D eigenvalue weighted by molar-refractivity contribution is 6.13. The van der Waals surface area contributed by atoms with Crippen molar-refractivity contribution in [1.82, 2.24) is 4.57 Å². The molecule has 1 heteroatoms. The molecule has 0 fully saturated rings. The molecule has 1 unspecified atom stereocenters. The lowest BCUT2D eigenvalue weighted by atomic mass is 9.64. The van der Waals surface area contributed by atoms with Gasteiger partial charge in [-0.15, -0.1) is 0 Å². The van der Waals surface area contributed by atoms with Crippen molar-refractivity contribution in [2.45, 2.75) is 11.8 Å². The van der Waals surface area contributed by atoms with Gasteiger partial charge in [0.05, 0.1) is 22.1 Å². The van der Waals surface area contributed by atoms with Crippen LogP contribution >= 0.6 is 0 Å². The second-order valence-corrected chi connectivity index (χ2v) is 9.23. The SMILES string of the molecule is C1=CC2=C(C=CC1)C1(c3ccccc32)c2ccccc2-n2c3ccccc3c3cccc1c32. The summed E-state index contributed by atoms with van der Waals surface area (Å²) in [5, 5.41) is 2.65. The Labute approximate surface area is 192 Å². The smallest absolute Gasteiger partial charge is 0.0754 e. The van der Waals surface area contributed by atoms with E-state index in [1.165, 1.54) is 60.9 Å². The molecule has 0 N–H and O–H groups in total. The molecule has 33 heavy (non-hydrogen) atoms. The minimum absolute atomic E-state index is 0.322. The summed E-state index contributed by atoms with van der Waals surface area (Å²) < 4.78 is 2.50. The van der Waals surface area contributed by atoms with Gasteiger partial charge in [0, 0.05) is 10.8 Å². The van der Waals surface area contributed by atoms with Crippen molar-refractivity contribution >= 4 is 27.4 Å². The van der Waals surface area contributed by atoms with Gasteiger partial charge in [-0.1, -0.05) is 103 Å². The Morgan fingerprint density at radius 1 is 0.606 bits per heavy atom. The van der Waals surface area contributed by atoms with Gasteiger partial charge in [0.1, 0.15) is 0 Å². The summed E-state index contributed by atoms with van der Waals surface area (Å²) in [5.74, 6) is 0. The molecule has 4 aromatic carbocycles. The number of rotatable bonds is 0. The molecule has 2 heterocycles. The van der Waals surface area contributed by atoms with E-state index < -0.39 is 0 Å². The Bertz CT molecular complexity index is 1740. The van der Waals surface area contributed by atoms with Crippen LogP contribution < -0.4 is 0 Å². The highest BCUT2D eigenvalue weighted by Gasteiger charge is 2.50. The highest BCUT2D eigenvalue weighted by Crippen LogP contribution is 2.60. The number of benzene rings is 4. The molecule has 1 atom stereocenters. The topological polar surface area (TPSA) is 4.93 Å². The predicted molar refractivity (Wildman–Crippen MR) is 137 cm³/mol. The van der Waals surface area contributed by atoms with Crippen LogP contribution in [0.4, 0.5) is 0 Å². The second kappa shape index (κ2) is 6.02. The molecule has 5 aromatic rings. The molecule has 0 radical (unpaired) electrons. The fourth-order valence-corrected chi connectivity index (χ4v) is 6.66. The van der Waals surface area contributed by atoms with Crippen LogP contribution in [0.1, 0.15) is 28.7 Å². The summed E-state index contributed by atoms with van der Waals surface area (Å²) in [6.45, 7) is 0. The first kappa shape index (κ1) is 17.5. The molecule has 1 spiro atoms. The van der Waals surface area contributed by atoms with E-state index in [4.69, 9.17) is 0 Å². The Morgan fingerprint density at radius 2 is 1.33 bits per heavy atom. The Hall–Kier alpha value is -4.10. The van der Waals surface area contributed by atoms with Gasteiger partial charge >= 0.3 is 0 Å². The van der Waals surface area contributed by atoms with E-state index in [0.29, 0.717) is 0 Å². The monoisotopic (exact) mass is 419 g/mol. The third-order valence-electron chi connectivity index (χ3n) is 7.80. The molecule has 8 rings (SSSR count). The normalized spacial score (nSPS) is 19.8. The van der Waals surface area contributed by atoms with Crippen LogP contribution in [0.5, 0.6) is 0 Å². The van der Waals surface area contributed by atoms with Gasteiger partial charge in [-0.3, -0.25) is 0 Å². The number of para-hydroxylation sites is 3. The van der Waals surface area contributed by atoms with E-state index in [0.717, 1.165) is 6.42 Å². The van der Waals surface area contributed by atoms with Crippen molar-refractivity contribution in [3.63, 3.8) is 0 Å². The maximum absolute atomic E-state index is 2.50. The number of nitrogens with zero attached hydrogens (tertiary/aromatic N) is 1. The number of hydrogen-bond acceptors (Lipinski definition) is 0. The van der Waals surface area contributed by atoms with Crippen LogP contribution in [-0.4, -0.2) is 4.57 Å². The van der Waals surface area contributed by atoms with Crippen molar-refractivity contribution in [3.05, 3.63) is 143 Å². The van der Waals surface area contributed by atoms with Crippen LogP contribution in [0.2, 0.25) is 0 Å². The first-order valence-electron chi connectivity index (χ1n) is 11.7. The minimum Gasteiger partial charge on any atom is -0.309 e. The maximum atomic E-state index is 2.50. The minimum atomic E-state index is -0.322. The summed E-state index contributed by atoms with van der Waals surface area (Å²) in [6, 6.07) is 33.8. The third-order valence-corrected chi connectivity index (χ3v) is 7.80. The molecule has 2 aliphatic carbocycles. The maximum Gasteiger partial charge on any atom is 0.0754 e. The van der Waals surface area contributed by atoms with Gasteiger partial charge in [0.15, 0.2) is 0 Å². The summed E-state index contributed by atoms with van der Waals surface area (Å²) >= 11 is 0. The van der Waals surface area contributed by atoms with Crippen molar-refractivity contribution in [1.29, 1.82) is 0 Å². The van der Waals surface area contributed by atoms with Gasteiger partial charge in [-0.25, -0.2) is 0 Å². The molecule has 0 saturated heterocycles. The van der Waals surface area contributed by atoms with Gasteiger partial charge in [-0.05, 0) is 52.0 Å². The average Bonchev–Trinajstić information content (AvgIpc) is 3.21. The fourth-order valence-electron chi connectivity index (χ4n) is 6.66. The van der Waals surface area contributed by atoms with Gasteiger partial charge in [0.25, 0.3) is 0 Å².